The van der Waals surface area contributed by atoms with Gasteiger partial charge >= 0.3 is 6.18 Å². The third-order valence-electron chi connectivity index (χ3n) is 4.77. The summed E-state index contributed by atoms with van der Waals surface area (Å²) in [6.07, 6.45) is -2.26. The number of Topliss-reactive ketones (excluding diaryl/α,β-unsaturated/α-hetero) is 1. The van der Waals surface area contributed by atoms with Gasteiger partial charge in [0.25, 0.3) is 0 Å². The van der Waals surface area contributed by atoms with Crippen molar-refractivity contribution in [3.05, 3.63) is 82.6 Å². The third kappa shape index (κ3) is 5.25. The SMILES string of the molecule is CC(F)(CCC(=O)c1cccnc1C(F)(F)F)c1ccc(-c2cncc(F)c2)cc1Cl. The summed E-state index contributed by atoms with van der Waals surface area (Å²) in [5.41, 5.74) is -2.97. The maximum absolute atomic E-state index is 15.3. The van der Waals surface area contributed by atoms with E-state index >= 15 is 4.39 Å². The van der Waals surface area contributed by atoms with Gasteiger partial charge < -0.3 is 0 Å². The van der Waals surface area contributed by atoms with E-state index in [0.717, 1.165) is 18.5 Å². The van der Waals surface area contributed by atoms with E-state index in [9.17, 15) is 22.4 Å². The van der Waals surface area contributed by atoms with Gasteiger partial charge in [0.05, 0.1) is 6.20 Å². The molecule has 0 aliphatic carbocycles. The Morgan fingerprint density at radius 1 is 1.06 bits per heavy atom. The molecule has 1 aromatic carbocycles. The van der Waals surface area contributed by atoms with Gasteiger partial charge in [0.1, 0.15) is 11.5 Å². The standard InChI is InChI=1S/C22H16ClF5N2O/c1-21(25,7-6-19(31)16-3-2-8-30-20(16)22(26,27)28)17-5-4-13(10-18(17)23)14-9-15(24)12-29-11-14/h2-5,8-12H,6-7H2,1H3. The lowest BCUT2D eigenvalue weighted by atomic mass is 9.89. The molecule has 3 aromatic rings. The fourth-order valence-electron chi connectivity index (χ4n) is 3.16. The highest BCUT2D eigenvalue weighted by atomic mass is 35.5. The first-order valence-electron chi connectivity index (χ1n) is 9.14. The molecular formula is C22H16ClF5N2O. The average molecular weight is 455 g/mol. The second-order valence-corrected chi connectivity index (χ2v) is 7.51. The summed E-state index contributed by atoms with van der Waals surface area (Å²) in [4.78, 5) is 19.4. The average Bonchev–Trinajstić information content (AvgIpc) is 2.71. The van der Waals surface area contributed by atoms with E-state index in [4.69, 9.17) is 11.6 Å². The summed E-state index contributed by atoms with van der Waals surface area (Å²) >= 11 is 6.22. The van der Waals surface area contributed by atoms with Gasteiger partial charge in [-0.1, -0.05) is 23.7 Å². The number of hydrogen-bond donors (Lipinski definition) is 0. The predicted octanol–water partition coefficient (Wildman–Crippen LogP) is 6.80. The predicted molar refractivity (Wildman–Crippen MR) is 106 cm³/mol. The molecule has 2 heterocycles. The minimum Gasteiger partial charge on any atom is -0.294 e. The normalized spacial score (nSPS) is 13.6. The van der Waals surface area contributed by atoms with Crippen LogP contribution in [-0.2, 0) is 11.8 Å². The number of benzene rings is 1. The van der Waals surface area contributed by atoms with Crippen molar-refractivity contribution in [2.45, 2.75) is 31.6 Å². The van der Waals surface area contributed by atoms with Crippen molar-refractivity contribution in [2.75, 3.05) is 0 Å². The second kappa shape index (κ2) is 8.70. The first kappa shape index (κ1) is 22.8. The smallest absolute Gasteiger partial charge is 0.294 e. The van der Waals surface area contributed by atoms with Gasteiger partial charge in [0.2, 0.25) is 0 Å². The topological polar surface area (TPSA) is 42.9 Å². The number of pyridine rings is 2. The van der Waals surface area contributed by atoms with Crippen LogP contribution in [0.2, 0.25) is 5.02 Å². The highest BCUT2D eigenvalue weighted by molar-refractivity contribution is 6.31. The zero-order chi connectivity index (χ0) is 22.8. The van der Waals surface area contributed by atoms with Gasteiger partial charge in [-0.15, -0.1) is 0 Å². The summed E-state index contributed by atoms with van der Waals surface area (Å²) < 4.78 is 67.9. The number of nitrogens with zero attached hydrogens (tertiary/aromatic N) is 2. The van der Waals surface area contributed by atoms with Crippen LogP contribution in [0, 0.1) is 5.82 Å². The van der Waals surface area contributed by atoms with Gasteiger partial charge in [-0.05, 0) is 43.2 Å². The van der Waals surface area contributed by atoms with Crippen LogP contribution in [-0.4, -0.2) is 15.8 Å². The first-order chi connectivity index (χ1) is 14.5. The Balaban J connectivity index is 1.79. The fraction of sp³-hybridized carbons (Fsp3) is 0.227. The molecule has 0 aliphatic heterocycles. The molecule has 9 heteroatoms. The number of alkyl halides is 4. The van der Waals surface area contributed by atoms with Crippen molar-refractivity contribution in [3.8, 4) is 11.1 Å². The number of hydrogen-bond acceptors (Lipinski definition) is 3. The zero-order valence-corrected chi connectivity index (χ0v) is 16.9. The van der Waals surface area contributed by atoms with E-state index in [0.29, 0.717) is 11.1 Å². The van der Waals surface area contributed by atoms with Gasteiger partial charge in [-0.25, -0.2) is 8.78 Å². The van der Waals surface area contributed by atoms with Crippen molar-refractivity contribution in [3.63, 3.8) is 0 Å². The number of aromatic nitrogens is 2. The Morgan fingerprint density at radius 3 is 2.45 bits per heavy atom. The van der Waals surface area contributed by atoms with Crippen LogP contribution in [0.15, 0.2) is 55.0 Å². The number of halogens is 6. The van der Waals surface area contributed by atoms with Crippen molar-refractivity contribution in [1.29, 1.82) is 0 Å². The van der Waals surface area contributed by atoms with E-state index in [-0.39, 0.29) is 10.6 Å². The van der Waals surface area contributed by atoms with Crippen molar-refractivity contribution >= 4 is 17.4 Å². The van der Waals surface area contributed by atoms with Crippen molar-refractivity contribution in [1.82, 2.24) is 9.97 Å². The summed E-state index contributed by atoms with van der Waals surface area (Å²) in [5, 5.41) is 0.0385. The Kier molecular flexibility index (Phi) is 6.40. The van der Waals surface area contributed by atoms with Gasteiger partial charge in [0.15, 0.2) is 11.5 Å². The molecule has 0 saturated heterocycles. The van der Waals surface area contributed by atoms with E-state index in [1.165, 1.54) is 43.5 Å². The zero-order valence-electron chi connectivity index (χ0n) is 16.2. The lowest BCUT2D eigenvalue weighted by molar-refractivity contribution is -0.141. The molecule has 0 bridgehead atoms. The number of ketones is 1. The number of carbonyl (C=O) groups is 1. The van der Waals surface area contributed by atoms with Crippen LogP contribution >= 0.6 is 11.6 Å². The summed E-state index contributed by atoms with van der Waals surface area (Å²) in [5.74, 6) is -1.41. The Bertz CT molecular complexity index is 1120. The van der Waals surface area contributed by atoms with Crippen LogP contribution in [0.4, 0.5) is 22.0 Å². The van der Waals surface area contributed by atoms with Crippen molar-refractivity contribution < 1.29 is 26.7 Å². The molecule has 1 atom stereocenters. The van der Waals surface area contributed by atoms with E-state index in [1.807, 2.05) is 0 Å². The largest absolute Gasteiger partial charge is 0.434 e. The molecule has 0 fully saturated rings. The number of rotatable bonds is 6. The lowest BCUT2D eigenvalue weighted by Crippen LogP contribution is -2.20. The maximum Gasteiger partial charge on any atom is 0.434 e. The van der Waals surface area contributed by atoms with E-state index < -0.39 is 47.5 Å². The molecule has 0 saturated carbocycles. The quantitative estimate of drug-likeness (QED) is 0.304. The molecule has 0 spiro atoms. The molecule has 0 amide bonds. The van der Waals surface area contributed by atoms with Gasteiger partial charge in [0, 0.05) is 40.5 Å². The molecule has 0 aliphatic rings. The Labute approximate surface area is 179 Å². The van der Waals surface area contributed by atoms with E-state index in [1.54, 1.807) is 0 Å². The summed E-state index contributed by atoms with van der Waals surface area (Å²) in [6.45, 7) is 1.19. The summed E-state index contributed by atoms with van der Waals surface area (Å²) in [7, 11) is 0. The highest BCUT2D eigenvalue weighted by Crippen LogP contribution is 2.38. The minimum absolute atomic E-state index is 0.0385. The highest BCUT2D eigenvalue weighted by Gasteiger charge is 2.37. The molecule has 162 valence electrons. The van der Waals surface area contributed by atoms with Gasteiger partial charge in [-0.2, -0.15) is 13.2 Å². The third-order valence-corrected chi connectivity index (χ3v) is 5.08. The molecule has 0 radical (unpaired) electrons. The second-order valence-electron chi connectivity index (χ2n) is 7.10. The van der Waals surface area contributed by atoms with Crippen LogP contribution in [0.5, 0.6) is 0 Å². The fourth-order valence-corrected chi connectivity index (χ4v) is 3.54. The van der Waals surface area contributed by atoms with Crippen LogP contribution in [0.3, 0.4) is 0 Å². The van der Waals surface area contributed by atoms with Crippen LogP contribution < -0.4 is 0 Å². The molecule has 3 rings (SSSR count). The van der Waals surface area contributed by atoms with Crippen LogP contribution in [0.1, 0.15) is 41.4 Å². The molecular weight excluding hydrogens is 439 g/mol. The molecule has 3 nitrogen and oxygen atoms in total. The van der Waals surface area contributed by atoms with E-state index in [2.05, 4.69) is 9.97 Å². The monoisotopic (exact) mass is 454 g/mol. The Hall–Kier alpha value is -2.87. The number of carbonyl (C=O) groups excluding carboxylic acids is 1. The lowest BCUT2D eigenvalue weighted by Gasteiger charge is -2.22. The first-order valence-corrected chi connectivity index (χ1v) is 9.52. The Morgan fingerprint density at radius 2 is 1.81 bits per heavy atom. The molecule has 2 aromatic heterocycles. The van der Waals surface area contributed by atoms with Crippen LogP contribution in [0.25, 0.3) is 11.1 Å². The van der Waals surface area contributed by atoms with Gasteiger partial charge in [-0.3, -0.25) is 14.8 Å². The van der Waals surface area contributed by atoms with Crippen molar-refractivity contribution in [2.24, 2.45) is 0 Å². The minimum atomic E-state index is -4.80. The molecule has 0 N–H and O–H groups in total. The summed E-state index contributed by atoms with van der Waals surface area (Å²) in [6, 6.07) is 7.85. The molecule has 31 heavy (non-hydrogen) atoms. The maximum atomic E-state index is 15.3. The molecule has 1 unspecified atom stereocenters.